The van der Waals surface area contributed by atoms with Gasteiger partial charge >= 0.3 is 5.97 Å². The molecule has 2 aromatic carbocycles. The third kappa shape index (κ3) is 4.11. The van der Waals surface area contributed by atoms with Gasteiger partial charge in [-0.3, -0.25) is 9.69 Å². The van der Waals surface area contributed by atoms with Crippen LogP contribution in [0.15, 0.2) is 71.1 Å². The number of Topliss-reactive ketones (excluding diaryl/α,β-unsaturated/α-hetero) is 1. The lowest BCUT2D eigenvalue weighted by atomic mass is 9.71. The number of ketones is 1. The van der Waals surface area contributed by atoms with Crippen molar-refractivity contribution in [3.63, 3.8) is 0 Å². The van der Waals surface area contributed by atoms with Crippen molar-refractivity contribution in [3.05, 3.63) is 82.2 Å². The summed E-state index contributed by atoms with van der Waals surface area (Å²) in [6.45, 7) is 4.53. The molecule has 0 radical (unpaired) electrons. The van der Waals surface area contributed by atoms with Crippen LogP contribution in [0.1, 0.15) is 55.6 Å². The maximum absolute atomic E-state index is 13.8. The zero-order valence-electron chi connectivity index (χ0n) is 21.3. The third-order valence-corrected chi connectivity index (χ3v) is 8.42. The van der Waals surface area contributed by atoms with Gasteiger partial charge in [0.25, 0.3) is 0 Å². The lowest BCUT2D eigenvalue weighted by Crippen LogP contribution is -2.39. The molecular formula is C30H32N2O5. The predicted octanol–water partition coefficient (Wildman–Crippen LogP) is 4.15. The molecule has 0 saturated carbocycles. The van der Waals surface area contributed by atoms with Crippen molar-refractivity contribution >= 4 is 11.8 Å². The van der Waals surface area contributed by atoms with Crippen molar-refractivity contribution in [2.24, 2.45) is 0 Å². The van der Waals surface area contributed by atoms with Crippen molar-refractivity contribution in [2.45, 2.75) is 50.0 Å². The highest BCUT2D eigenvalue weighted by molar-refractivity contribution is 6.04. The Labute approximate surface area is 216 Å². The number of phenolic OH excluding ortho intramolecular Hbond substituents is 1. The van der Waals surface area contributed by atoms with E-state index in [1.807, 2.05) is 37.3 Å². The molecule has 37 heavy (non-hydrogen) atoms. The maximum atomic E-state index is 13.8. The number of rotatable bonds is 5. The highest BCUT2D eigenvalue weighted by Gasteiger charge is 2.49. The van der Waals surface area contributed by atoms with Gasteiger partial charge in [-0.25, -0.2) is 4.79 Å². The van der Waals surface area contributed by atoms with Gasteiger partial charge < -0.3 is 19.9 Å². The summed E-state index contributed by atoms with van der Waals surface area (Å²) in [7, 11) is 1.64. The van der Waals surface area contributed by atoms with Crippen LogP contribution in [0.5, 0.6) is 11.5 Å². The lowest BCUT2D eigenvalue weighted by Gasteiger charge is -2.38. The van der Waals surface area contributed by atoms with Crippen molar-refractivity contribution in [1.82, 2.24) is 10.2 Å². The molecule has 7 nitrogen and oxygen atoms in total. The summed E-state index contributed by atoms with van der Waals surface area (Å²) in [5.74, 6) is -0.169. The minimum absolute atomic E-state index is 0.0122. The highest BCUT2D eigenvalue weighted by Crippen LogP contribution is 2.48. The van der Waals surface area contributed by atoms with Gasteiger partial charge in [-0.05, 0) is 42.7 Å². The molecule has 0 amide bonds. The van der Waals surface area contributed by atoms with Crippen LogP contribution in [0.3, 0.4) is 0 Å². The van der Waals surface area contributed by atoms with Crippen molar-refractivity contribution in [3.8, 4) is 11.5 Å². The number of para-hydroxylation sites is 1. The number of benzene rings is 2. The summed E-state index contributed by atoms with van der Waals surface area (Å²) in [5, 5.41) is 13.7. The fourth-order valence-electron chi connectivity index (χ4n) is 6.64. The number of dihydropyridines is 1. The topological polar surface area (TPSA) is 88.1 Å². The Morgan fingerprint density at radius 3 is 2.59 bits per heavy atom. The molecule has 4 aliphatic rings. The van der Waals surface area contributed by atoms with Crippen LogP contribution in [0.2, 0.25) is 0 Å². The summed E-state index contributed by atoms with van der Waals surface area (Å²) in [6.07, 6.45) is 2.61. The number of carbonyl (C=O) groups is 2. The molecule has 2 aromatic rings. The zero-order chi connectivity index (χ0) is 25.7. The molecule has 2 N–H and O–H groups in total. The summed E-state index contributed by atoms with van der Waals surface area (Å²) in [4.78, 5) is 30.0. The maximum Gasteiger partial charge on any atom is 0.337 e. The molecular weight excluding hydrogens is 468 g/mol. The van der Waals surface area contributed by atoms with Crippen LogP contribution in [0, 0.1) is 0 Å². The molecule has 192 valence electrons. The van der Waals surface area contributed by atoms with Gasteiger partial charge in [-0.1, -0.05) is 30.3 Å². The van der Waals surface area contributed by atoms with Crippen LogP contribution in [-0.4, -0.2) is 54.1 Å². The minimum Gasteiger partial charge on any atom is -0.508 e. The van der Waals surface area contributed by atoms with E-state index in [4.69, 9.17) is 9.47 Å². The van der Waals surface area contributed by atoms with Crippen LogP contribution in [0.4, 0.5) is 0 Å². The standard InChI is InChI=1S/C30H32N2O5/c1-18-26(29(35)37-30-10-12-32(17-30)13-11-30)27(19-6-5-7-21(33)14-19)28-23(31-18)15-20(16-24(28)34)22-8-3-4-9-25(22)36-2/h3-9,14,20,27,31,33H,10-13,15-17H2,1-2H3. The van der Waals surface area contributed by atoms with E-state index in [9.17, 15) is 14.7 Å². The number of hydrogen-bond donors (Lipinski definition) is 2. The number of nitrogens with one attached hydrogen (secondary N) is 1. The average Bonchev–Trinajstić information content (AvgIpc) is 3.48. The second-order valence-corrected chi connectivity index (χ2v) is 10.7. The number of fused-ring (bicyclic) bond motifs is 2. The van der Waals surface area contributed by atoms with E-state index in [1.165, 1.54) is 0 Å². The molecule has 2 unspecified atom stereocenters. The van der Waals surface area contributed by atoms with Crippen LogP contribution in [0.25, 0.3) is 0 Å². The van der Waals surface area contributed by atoms with Gasteiger partial charge in [0.05, 0.1) is 12.7 Å². The van der Waals surface area contributed by atoms with E-state index in [-0.39, 0.29) is 23.4 Å². The monoisotopic (exact) mass is 500 g/mol. The van der Waals surface area contributed by atoms with E-state index >= 15 is 0 Å². The molecule has 2 atom stereocenters. The number of methoxy groups -OCH3 is 1. The average molecular weight is 501 g/mol. The fraction of sp³-hybridized carbons (Fsp3) is 0.400. The molecule has 3 aliphatic heterocycles. The van der Waals surface area contributed by atoms with Crippen molar-refractivity contribution < 1.29 is 24.2 Å². The summed E-state index contributed by atoms with van der Waals surface area (Å²) in [6, 6.07) is 14.7. The Morgan fingerprint density at radius 1 is 1.11 bits per heavy atom. The van der Waals surface area contributed by atoms with E-state index in [0.717, 1.165) is 49.5 Å². The number of piperidine rings is 1. The third-order valence-electron chi connectivity index (χ3n) is 8.42. The van der Waals surface area contributed by atoms with Crippen LogP contribution in [-0.2, 0) is 14.3 Å². The predicted molar refractivity (Wildman–Crippen MR) is 138 cm³/mol. The number of ether oxygens (including phenoxy) is 2. The van der Waals surface area contributed by atoms with E-state index in [0.29, 0.717) is 35.2 Å². The lowest BCUT2D eigenvalue weighted by molar-refractivity contribution is -0.152. The number of esters is 1. The number of hydrogen-bond acceptors (Lipinski definition) is 7. The van der Waals surface area contributed by atoms with Gasteiger partial charge in [-0.2, -0.15) is 0 Å². The minimum atomic E-state index is -0.600. The van der Waals surface area contributed by atoms with E-state index in [2.05, 4.69) is 10.2 Å². The SMILES string of the molecule is COc1ccccc1C1CC(=O)C2=C(C1)NC(C)=C(C(=O)OC13CCN(CC1)C3)C2c1cccc(O)c1. The van der Waals surface area contributed by atoms with E-state index in [1.54, 1.807) is 25.3 Å². The molecule has 2 saturated heterocycles. The van der Waals surface area contributed by atoms with Gasteiger partial charge in [0.15, 0.2) is 5.78 Å². The first-order valence-corrected chi connectivity index (χ1v) is 13.0. The first-order valence-electron chi connectivity index (χ1n) is 13.0. The second-order valence-electron chi connectivity index (χ2n) is 10.7. The Balaban J connectivity index is 1.40. The Morgan fingerprint density at radius 2 is 1.89 bits per heavy atom. The molecule has 7 heteroatoms. The Hall–Kier alpha value is -3.58. The quantitative estimate of drug-likeness (QED) is 0.596. The van der Waals surface area contributed by atoms with E-state index < -0.39 is 11.5 Å². The number of phenols is 1. The molecule has 3 heterocycles. The number of nitrogens with zero attached hydrogens (tertiary/aromatic N) is 1. The normalized spacial score (nSPS) is 28.7. The van der Waals surface area contributed by atoms with Gasteiger partial charge in [0.2, 0.25) is 0 Å². The molecule has 0 spiro atoms. The fourth-order valence-corrected chi connectivity index (χ4v) is 6.64. The number of aromatic hydroxyl groups is 1. The van der Waals surface area contributed by atoms with Gasteiger partial charge in [0, 0.05) is 67.7 Å². The Kier molecular flexibility index (Phi) is 5.83. The highest BCUT2D eigenvalue weighted by atomic mass is 16.6. The van der Waals surface area contributed by atoms with Crippen molar-refractivity contribution in [2.75, 3.05) is 26.7 Å². The molecule has 0 aromatic heterocycles. The van der Waals surface area contributed by atoms with Crippen LogP contribution >= 0.6 is 0 Å². The van der Waals surface area contributed by atoms with Crippen LogP contribution < -0.4 is 10.1 Å². The number of carbonyl (C=O) groups excluding carboxylic acids is 2. The van der Waals surface area contributed by atoms with Gasteiger partial charge in [-0.15, -0.1) is 0 Å². The first kappa shape index (κ1) is 23.8. The molecule has 6 rings (SSSR count). The molecule has 2 bridgehead atoms. The largest absolute Gasteiger partial charge is 0.508 e. The molecule has 2 fully saturated rings. The summed E-state index contributed by atoms with van der Waals surface area (Å²) < 4.78 is 11.8. The smallest absolute Gasteiger partial charge is 0.337 e. The zero-order valence-corrected chi connectivity index (χ0v) is 21.3. The summed E-state index contributed by atoms with van der Waals surface area (Å²) >= 11 is 0. The first-order chi connectivity index (χ1) is 17.9. The number of allylic oxidation sites excluding steroid dienone is 3. The van der Waals surface area contributed by atoms with Gasteiger partial charge in [0.1, 0.15) is 17.1 Å². The molecule has 1 aliphatic carbocycles. The van der Waals surface area contributed by atoms with Crippen molar-refractivity contribution in [1.29, 1.82) is 0 Å². The Bertz CT molecular complexity index is 1330. The second kappa shape index (κ2) is 9.06. The summed E-state index contributed by atoms with van der Waals surface area (Å²) in [5.41, 5.74) is 3.81.